The summed E-state index contributed by atoms with van der Waals surface area (Å²) >= 11 is 0. The number of rotatable bonds is 0. The second kappa shape index (κ2) is 1.24. The van der Waals surface area contributed by atoms with E-state index in [1.54, 1.807) is 5.57 Å². The fraction of sp³-hybridized carbons (Fsp3) is 0.750. The molecule has 9 heavy (non-hydrogen) atoms. The number of fused-ring (bicyclic) bond motifs is 3. The summed E-state index contributed by atoms with van der Waals surface area (Å²) in [4.78, 5) is 0. The number of nitrogens with one attached hydrogen (secondary N) is 1. The quantitative estimate of drug-likeness (QED) is 0.470. The molecule has 3 rings (SSSR count). The van der Waals surface area contributed by atoms with E-state index in [0.29, 0.717) is 0 Å². The van der Waals surface area contributed by atoms with Crippen molar-refractivity contribution in [1.29, 1.82) is 0 Å². The molecule has 0 aromatic rings. The minimum atomic E-state index is 0.791. The van der Waals surface area contributed by atoms with Crippen LogP contribution >= 0.6 is 0 Å². The zero-order valence-electron chi connectivity index (χ0n) is 5.43. The second-order valence-electron chi connectivity index (χ2n) is 3.48. The van der Waals surface area contributed by atoms with Crippen molar-refractivity contribution in [3.8, 4) is 0 Å². The molecule has 1 aliphatic heterocycles. The summed E-state index contributed by atoms with van der Waals surface area (Å²) in [6.45, 7) is 1.26. The van der Waals surface area contributed by atoms with Crippen LogP contribution in [-0.2, 0) is 0 Å². The van der Waals surface area contributed by atoms with Gasteiger partial charge < -0.3 is 5.32 Å². The van der Waals surface area contributed by atoms with Gasteiger partial charge in [0, 0.05) is 6.04 Å². The topological polar surface area (TPSA) is 12.0 Å². The predicted molar refractivity (Wildman–Crippen MR) is 36.1 cm³/mol. The standard InChI is InChI=1S/C8H11N/c1-2-9-8-4-5-3-7(5)6(1)8/h4,6-9H,1-3H2. The highest BCUT2D eigenvalue weighted by Crippen LogP contribution is 2.53. The molecule has 1 N–H and O–H groups in total. The van der Waals surface area contributed by atoms with E-state index in [9.17, 15) is 0 Å². The van der Waals surface area contributed by atoms with E-state index < -0.39 is 0 Å². The summed E-state index contributed by atoms with van der Waals surface area (Å²) < 4.78 is 0. The van der Waals surface area contributed by atoms with Crippen molar-refractivity contribution < 1.29 is 0 Å². The van der Waals surface area contributed by atoms with Gasteiger partial charge >= 0.3 is 0 Å². The van der Waals surface area contributed by atoms with E-state index in [-0.39, 0.29) is 0 Å². The van der Waals surface area contributed by atoms with Crippen LogP contribution < -0.4 is 5.32 Å². The summed E-state index contributed by atoms with van der Waals surface area (Å²) in [5.74, 6) is 2.05. The Kier molecular flexibility index (Phi) is 0.620. The Balaban J connectivity index is 1.99. The average Bonchev–Trinajstić information content (AvgIpc) is 2.38. The van der Waals surface area contributed by atoms with Crippen LogP contribution in [0.4, 0.5) is 0 Å². The lowest BCUT2D eigenvalue weighted by molar-refractivity contribution is 0.483. The fourth-order valence-corrected chi connectivity index (χ4v) is 2.43. The van der Waals surface area contributed by atoms with Crippen LogP contribution in [0.25, 0.3) is 0 Å². The summed E-state index contributed by atoms with van der Waals surface area (Å²) in [6.07, 6.45) is 5.32. The Morgan fingerprint density at radius 2 is 2.56 bits per heavy atom. The minimum Gasteiger partial charge on any atom is -0.310 e. The van der Waals surface area contributed by atoms with Gasteiger partial charge in [-0.15, -0.1) is 0 Å². The van der Waals surface area contributed by atoms with Crippen LogP contribution in [0.15, 0.2) is 11.6 Å². The first-order valence-corrected chi connectivity index (χ1v) is 3.89. The first-order chi connectivity index (χ1) is 4.45. The van der Waals surface area contributed by atoms with E-state index in [0.717, 1.165) is 17.9 Å². The van der Waals surface area contributed by atoms with E-state index in [1.807, 2.05) is 0 Å². The monoisotopic (exact) mass is 121 g/mol. The van der Waals surface area contributed by atoms with Gasteiger partial charge in [-0.1, -0.05) is 11.6 Å². The third-order valence-corrected chi connectivity index (χ3v) is 3.00. The molecule has 0 amide bonds. The molecule has 3 atom stereocenters. The molecule has 0 bridgehead atoms. The molecule has 3 aliphatic rings. The SMILES string of the molecule is C1=C2CC2C2CCNC12. The smallest absolute Gasteiger partial charge is 0.0287 e. The van der Waals surface area contributed by atoms with E-state index >= 15 is 0 Å². The maximum Gasteiger partial charge on any atom is 0.0287 e. The predicted octanol–water partition coefficient (Wildman–Crippen LogP) is 0.924. The molecule has 0 spiro atoms. The Morgan fingerprint density at radius 3 is 3.44 bits per heavy atom. The molecule has 2 aliphatic carbocycles. The Hall–Kier alpha value is -0.300. The van der Waals surface area contributed by atoms with Crippen molar-refractivity contribution in [2.75, 3.05) is 6.54 Å². The van der Waals surface area contributed by atoms with Crippen molar-refractivity contribution in [1.82, 2.24) is 5.32 Å². The van der Waals surface area contributed by atoms with E-state index in [1.165, 1.54) is 19.4 Å². The summed E-state index contributed by atoms with van der Waals surface area (Å²) in [5, 5.41) is 3.50. The third kappa shape index (κ3) is 0.445. The van der Waals surface area contributed by atoms with E-state index in [2.05, 4.69) is 11.4 Å². The normalized spacial score (nSPS) is 52.4. The molecule has 1 saturated carbocycles. The van der Waals surface area contributed by atoms with Gasteiger partial charge in [0.2, 0.25) is 0 Å². The second-order valence-corrected chi connectivity index (χ2v) is 3.48. The highest BCUT2D eigenvalue weighted by Gasteiger charge is 2.47. The lowest BCUT2D eigenvalue weighted by atomic mass is 9.99. The molecule has 0 aromatic heterocycles. The number of hydrogen-bond donors (Lipinski definition) is 1. The molecular formula is C8H11N. The summed E-state index contributed by atoms with van der Waals surface area (Å²) in [6, 6.07) is 0.791. The van der Waals surface area contributed by atoms with Crippen molar-refractivity contribution in [3.63, 3.8) is 0 Å². The zero-order valence-corrected chi connectivity index (χ0v) is 5.43. The largest absolute Gasteiger partial charge is 0.310 e. The van der Waals surface area contributed by atoms with Gasteiger partial charge in [0.1, 0.15) is 0 Å². The van der Waals surface area contributed by atoms with Crippen LogP contribution in [0.2, 0.25) is 0 Å². The van der Waals surface area contributed by atoms with Gasteiger partial charge in [0.15, 0.2) is 0 Å². The maximum absolute atomic E-state index is 3.50. The maximum atomic E-state index is 3.50. The molecule has 0 aromatic carbocycles. The van der Waals surface area contributed by atoms with Crippen LogP contribution in [0.1, 0.15) is 12.8 Å². The minimum absolute atomic E-state index is 0.791. The Morgan fingerprint density at radius 1 is 1.56 bits per heavy atom. The summed E-state index contributed by atoms with van der Waals surface area (Å²) in [7, 11) is 0. The molecule has 2 fully saturated rings. The first kappa shape index (κ1) is 4.51. The molecule has 0 radical (unpaired) electrons. The Labute approximate surface area is 55.1 Å². The lowest BCUT2D eigenvalue weighted by Crippen LogP contribution is -2.22. The lowest BCUT2D eigenvalue weighted by Gasteiger charge is -2.08. The third-order valence-electron chi connectivity index (χ3n) is 3.00. The highest BCUT2D eigenvalue weighted by molar-refractivity contribution is 5.35. The molecule has 1 heterocycles. The van der Waals surface area contributed by atoms with Crippen LogP contribution in [0.3, 0.4) is 0 Å². The van der Waals surface area contributed by atoms with Crippen molar-refractivity contribution in [2.24, 2.45) is 11.8 Å². The van der Waals surface area contributed by atoms with Gasteiger partial charge in [0.05, 0.1) is 0 Å². The van der Waals surface area contributed by atoms with Gasteiger partial charge in [-0.3, -0.25) is 0 Å². The zero-order chi connectivity index (χ0) is 5.84. The average molecular weight is 121 g/mol. The number of hydrogen-bond acceptors (Lipinski definition) is 1. The van der Waals surface area contributed by atoms with E-state index in [4.69, 9.17) is 0 Å². The highest BCUT2D eigenvalue weighted by atomic mass is 15.0. The van der Waals surface area contributed by atoms with Gasteiger partial charge in [0.25, 0.3) is 0 Å². The molecule has 3 unspecified atom stereocenters. The van der Waals surface area contributed by atoms with Gasteiger partial charge in [-0.2, -0.15) is 0 Å². The number of allylic oxidation sites excluding steroid dienone is 1. The Bertz CT molecular complexity index is 183. The van der Waals surface area contributed by atoms with Gasteiger partial charge in [-0.05, 0) is 31.2 Å². The fourth-order valence-electron chi connectivity index (χ4n) is 2.43. The molecule has 48 valence electrons. The molecule has 1 nitrogen and oxygen atoms in total. The van der Waals surface area contributed by atoms with Crippen LogP contribution in [0.5, 0.6) is 0 Å². The van der Waals surface area contributed by atoms with Gasteiger partial charge in [-0.25, -0.2) is 0 Å². The van der Waals surface area contributed by atoms with Crippen molar-refractivity contribution in [2.45, 2.75) is 18.9 Å². The van der Waals surface area contributed by atoms with Crippen molar-refractivity contribution >= 4 is 0 Å². The van der Waals surface area contributed by atoms with Crippen LogP contribution in [0, 0.1) is 11.8 Å². The summed E-state index contributed by atoms with van der Waals surface area (Å²) in [5.41, 5.74) is 1.75. The molecule has 1 heteroatoms. The first-order valence-electron chi connectivity index (χ1n) is 3.89. The molecule has 1 saturated heterocycles. The van der Waals surface area contributed by atoms with Crippen molar-refractivity contribution in [3.05, 3.63) is 11.6 Å². The molecular weight excluding hydrogens is 110 g/mol. The van der Waals surface area contributed by atoms with Crippen LogP contribution in [-0.4, -0.2) is 12.6 Å².